The first-order chi connectivity index (χ1) is 4.85. The Morgan fingerprint density at radius 1 is 1.20 bits per heavy atom. The number of nitrogens with zero attached hydrogens (tertiary/aromatic N) is 2. The summed E-state index contributed by atoms with van der Waals surface area (Å²) in [5.41, 5.74) is 0. The first-order valence-electron chi connectivity index (χ1n) is 3.13. The molecule has 0 N–H and O–H groups in total. The highest BCUT2D eigenvalue weighted by atomic mass is 15.2. The highest BCUT2D eigenvalue weighted by Gasteiger charge is 1.92. The molecule has 0 unspecified atom stereocenters. The zero-order valence-corrected chi connectivity index (χ0v) is 6.16. The summed E-state index contributed by atoms with van der Waals surface area (Å²) in [4.78, 5) is 0. The summed E-state index contributed by atoms with van der Waals surface area (Å²) < 4.78 is 1.72. The molecular formula is C8H13N2+. The van der Waals surface area contributed by atoms with Crippen molar-refractivity contribution in [3.63, 3.8) is 0 Å². The number of hydrogen-bond donors (Lipinski definition) is 0. The minimum atomic E-state index is 0.625. The molecule has 0 saturated carbocycles. The number of hydrogen-bond acceptors (Lipinski definition) is 1. The second-order valence-electron chi connectivity index (χ2n) is 1.71. The fourth-order valence-corrected chi connectivity index (χ4v) is 0.485. The van der Waals surface area contributed by atoms with Gasteiger partial charge in [-0.1, -0.05) is 17.4 Å². The molecule has 0 aliphatic rings. The lowest BCUT2D eigenvalue weighted by Gasteiger charge is -1.85. The Balaban J connectivity index is 3.88. The first-order valence-corrected chi connectivity index (χ1v) is 3.13. The standard InChI is InChI=1S/C8H13N2/c1-4-7-9-10(6-3)8-5-2/h4-6H,1-3,7-8H2/q+1. The van der Waals surface area contributed by atoms with E-state index in [9.17, 15) is 0 Å². The van der Waals surface area contributed by atoms with Crippen molar-refractivity contribution in [3.8, 4) is 0 Å². The highest BCUT2D eigenvalue weighted by Crippen LogP contribution is 1.81. The zero-order valence-electron chi connectivity index (χ0n) is 6.16. The summed E-state index contributed by atoms with van der Waals surface area (Å²) in [5.74, 6) is 0. The second kappa shape index (κ2) is 5.95. The monoisotopic (exact) mass is 137 g/mol. The highest BCUT2D eigenvalue weighted by molar-refractivity contribution is 4.68. The van der Waals surface area contributed by atoms with Crippen molar-refractivity contribution >= 4 is 0 Å². The predicted octanol–water partition coefficient (Wildman–Crippen LogP) is 1.97. The van der Waals surface area contributed by atoms with Crippen LogP contribution in [-0.4, -0.2) is 17.8 Å². The Kier molecular flexibility index (Phi) is 5.25. The molecular weight excluding hydrogens is 124 g/mol. The van der Waals surface area contributed by atoms with Crippen molar-refractivity contribution in [3.05, 3.63) is 38.1 Å². The van der Waals surface area contributed by atoms with Gasteiger partial charge in [-0.3, -0.25) is 0 Å². The molecule has 0 aromatic heterocycles. The van der Waals surface area contributed by atoms with Gasteiger partial charge in [-0.25, -0.2) is 0 Å². The van der Waals surface area contributed by atoms with Gasteiger partial charge in [-0.05, 0) is 17.8 Å². The molecule has 54 valence electrons. The molecule has 0 aliphatic carbocycles. The van der Waals surface area contributed by atoms with Crippen LogP contribution < -0.4 is 0 Å². The molecule has 0 aromatic rings. The molecule has 0 fully saturated rings. The summed E-state index contributed by atoms with van der Waals surface area (Å²) in [7, 11) is 0. The Morgan fingerprint density at radius 3 is 2.30 bits per heavy atom. The lowest BCUT2D eigenvalue weighted by molar-refractivity contribution is -0.518. The van der Waals surface area contributed by atoms with Crippen LogP contribution in [0.2, 0.25) is 0 Å². The molecule has 0 aliphatic heterocycles. The Hall–Kier alpha value is -1.18. The van der Waals surface area contributed by atoms with Gasteiger partial charge in [0, 0.05) is 0 Å². The van der Waals surface area contributed by atoms with Crippen molar-refractivity contribution in [1.29, 1.82) is 0 Å². The predicted molar refractivity (Wildman–Crippen MR) is 43.0 cm³/mol. The van der Waals surface area contributed by atoms with Crippen molar-refractivity contribution in [1.82, 2.24) is 0 Å². The van der Waals surface area contributed by atoms with E-state index in [4.69, 9.17) is 0 Å². The van der Waals surface area contributed by atoms with E-state index in [1.807, 2.05) is 0 Å². The van der Waals surface area contributed by atoms with E-state index in [1.54, 1.807) is 23.0 Å². The molecule has 0 saturated heterocycles. The molecule has 10 heavy (non-hydrogen) atoms. The maximum Gasteiger partial charge on any atom is 0.192 e. The van der Waals surface area contributed by atoms with Crippen molar-refractivity contribution in [2.75, 3.05) is 13.1 Å². The molecule has 0 bridgehead atoms. The van der Waals surface area contributed by atoms with E-state index in [0.717, 1.165) is 0 Å². The van der Waals surface area contributed by atoms with Gasteiger partial charge in [0.1, 0.15) is 6.54 Å². The average molecular weight is 137 g/mol. The summed E-state index contributed by atoms with van der Waals surface area (Å²) in [6.07, 6.45) is 5.17. The minimum absolute atomic E-state index is 0.625. The van der Waals surface area contributed by atoms with Crippen molar-refractivity contribution < 1.29 is 4.70 Å². The number of azo groups is 2. The van der Waals surface area contributed by atoms with E-state index in [0.29, 0.717) is 13.1 Å². The molecule has 0 aromatic carbocycles. The van der Waals surface area contributed by atoms with E-state index < -0.39 is 0 Å². The molecule has 0 radical (unpaired) electrons. The average Bonchev–Trinajstić information content (AvgIpc) is 1.98. The Labute approximate surface area is 61.9 Å². The fourth-order valence-electron chi connectivity index (χ4n) is 0.485. The van der Waals surface area contributed by atoms with E-state index in [1.165, 1.54) is 0 Å². The van der Waals surface area contributed by atoms with Crippen LogP contribution in [0.4, 0.5) is 0 Å². The van der Waals surface area contributed by atoms with Gasteiger partial charge in [-0.2, -0.15) is 0 Å². The number of rotatable bonds is 5. The topological polar surface area (TPSA) is 15.4 Å². The molecule has 0 atom stereocenters. The maximum atomic E-state index is 4.08. The zero-order chi connectivity index (χ0) is 7.82. The summed E-state index contributed by atoms with van der Waals surface area (Å²) in [5, 5.41) is 4.08. The molecule has 2 heteroatoms. The van der Waals surface area contributed by atoms with E-state index in [2.05, 4.69) is 24.9 Å². The Morgan fingerprint density at radius 2 is 1.90 bits per heavy atom. The quantitative estimate of drug-likeness (QED) is 0.313. The molecule has 0 amide bonds. The van der Waals surface area contributed by atoms with Gasteiger partial charge in [0.2, 0.25) is 0 Å². The smallest absolute Gasteiger partial charge is 0.101 e. The van der Waals surface area contributed by atoms with Gasteiger partial charge < -0.3 is 0 Å². The van der Waals surface area contributed by atoms with Crippen LogP contribution >= 0.6 is 0 Å². The largest absolute Gasteiger partial charge is 0.192 e. The lowest BCUT2D eigenvalue weighted by atomic mass is 10.6. The minimum Gasteiger partial charge on any atom is -0.101 e. The first kappa shape index (κ1) is 8.82. The molecule has 0 rings (SSSR count). The van der Waals surface area contributed by atoms with Crippen molar-refractivity contribution in [2.45, 2.75) is 0 Å². The van der Waals surface area contributed by atoms with Crippen LogP contribution in [-0.2, 0) is 0 Å². The third-order valence-electron chi connectivity index (χ3n) is 0.919. The normalized spacial score (nSPS) is 10.6. The van der Waals surface area contributed by atoms with Crippen LogP contribution in [0.15, 0.2) is 43.2 Å². The third kappa shape index (κ3) is 3.78. The third-order valence-corrected chi connectivity index (χ3v) is 0.919. The van der Waals surface area contributed by atoms with Gasteiger partial charge in [0.15, 0.2) is 12.7 Å². The molecule has 0 spiro atoms. The van der Waals surface area contributed by atoms with Gasteiger partial charge in [0.05, 0.1) is 0 Å². The van der Waals surface area contributed by atoms with Crippen LogP contribution in [0.3, 0.4) is 0 Å². The van der Waals surface area contributed by atoms with E-state index >= 15 is 0 Å². The van der Waals surface area contributed by atoms with Crippen LogP contribution in [0.1, 0.15) is 0 Å². The van der Waals surface area contributed by atoms with Crippen LogP contribution in [0.25, 0.3) is 0 Å². The second-order valence-corrected chi connectivity index (χ2v) is 1.71. The van der Waals surface area contributed by atoms with Gasteiger partial charge in [0.25, 0.3) is 0 Å². The van der Waals surface area contributed by atoms with Crippen LogP contribution in [0.5, 0.6) is 0 Å². The summed E-state index contributed by atoms with van der Waals surface area (Å²) >= 11 is 0. The molecule has 0 heterocycles. The maximum absolute atomic E-state index is 4.08. The Bertz CT molecular complexity index is 157. The molecule has 2 nitrogen and oxygen atoms in total. The van der Waals surface area contributed by atoms with Gasteiger partial charge in [-0.15, -0.1) is 6.58 Å². The van der Waals surface area contributed by atoms with Gasteiger partial charge >= 0.3 is 0 Å². The van der Waals surface area contributed by atoms with Crippen LogP contribution in [0, 0.1) is 0 Å². The summed E-state index contributed by atoms with van der Waals surface area (Å²) in [6, 6.07) is 0. The SMILES string of the molecule is C=CCN=[N+](C=C)CC=C. The van der Waals surface area contributed by atoms with E-state index in [-0.39, 0.29) is 0 Å². The fraction of sp³-hybridized carbons (Fsp3) is 0.250. The van der Waals surface area contributed by atoms with Crippen molar-refractivity contribution in [2.24, 2.45) is 5.11 Å². The lowest BCUT2D eigenvalue weighted by Crippen LogP contribution is -2.00. The summed E-state index contributed by atoms with van der Waals surface area (Å²) in [6.45, 7) is 12.0.